The minimum Gasteiger partial charge on any atom is -0.474 e. The Balaban J connectivity index is 1.15. The summed E-state index contributed by atoms with van der Waals surface area (Å²) in [5.74, 6) is -0.337. The van der Waals surface area contributed by atoms with E-state index in [4.69, 9.17) is 10.5 Å². The van der Waals surface area contributed by atoms with Gasteiger partial charge in [-0.25, -0.2) is 9.97 Å². The molecule has 0 saturated heterocycles. The Morgan fingerprint density at radius 3 is 2.80 bits per heavy atom. The molecule has 2 aliphatic carbocycles. The van der Waals surface area contributed by atoms with Gasteiger partial charge in [-0.05, 0) is 67.9 Å². The lowest BCUT2D eigenvalue weighted by Crippen LogP contribution is -2.58. The molecule has 0 radical (unpaired) electrons. The Kier molecular flexibility index (Phi) is 4.23. The van der Waals surface area contributed by atoms with Crippen molar-refractivity contribution in [2.24, 2.45) is 11.1 Å². The molecule has 0 atom stereocenters. The molecule has 154 valence electrons. The molecule has 2 fully saturated rings. The molecule has 5 rings (SSSR count). The molecule has 3 aromatic rings. The zero-order valence-electron chi connectivity index (χ0n) is 16.7. The summed E-state index contributed by atoms with van der Waals surface area (Å²) in [4.78, 5) is 32.6. The minimum atomic E-state index is -0.541. The van der Waals surface area contributed by atoms with Crippen molar-refractivity contribution < 1.29 is 14.3 Å². The fraction of sp³-hybridized carbons (Fsp3) is 0.364. The summed E-state index contributed by atoms with van der Waals surface area (Å²) in [7, 11) is 0. The molecule has 0 aromatic carbocycles. The van der Waals surface area contributed by atoms with Gasteiger partial charge in [0.25, 0.3) is 11.8 Å². The van der Waals surface area contributed by atoms with Gasteiger partial charge in [0.05, 0.1) is 6.20 Å². The number of rotatable bonds is 5. The number of fused-ring (bicyclic) bond motifs is 1. The lowest BCUT2D eigenvalue weighted by atomic mass is 9.53. The highest BCUT2D eigenvalue weighted by atomic mass is 16.5. The number of nitrogens with zero attached hydrogens (tertiary/aromatic N) is 3. The van der Waals surface area contributed by atoms with Crippen molar-refractivity contribution in [1.82, 2.24) is 19.7 Å². The van der Waals surface area contributed by atoms with Crippen molar-refractivity contribution in [3.63, 3.8) is 0 Å². The fourth-order valence-electron chi connectivity index (χ4n) is 4.75. The summed E-state index contributed by atoms with van der Waals surface area (Å²) in [6.45, 7) is 2.00. The largest absolute Gasteiger partial charge is 0.474 e. The van der Waals surface area contributed by atoms with E-state index >= 15 is 0 Å². The highest BCUT2D eigenvalue weighted by Crippen LogP contribution is 2.56. The number of aryl methyl sites for hydroxylation is 1. The predicted molar refractivity (Wildman–Crippen MR) is 109 cm³/mol. The zero-order valence-corrected chi connectivity index (χ0v) is 16.7. The number of nitrogens with one attached hydrogen (secondary N) is 1. The smallest absolute Gasteiger partial charge is 0.270 e. The van der Waals surface area contributed by atoms with E-state index in [0.717, 1.165) is 36.9 Å². The van der Waals surface area contributed by atoms with Crippen molar-refractivity contribution in [3.8, 4) is 5.88 Å². The van der Waals surface area contributed by atoms with E-state index in [0.29, 0.717) is 17.1 Å². The maximum atomic E-state index is 12.7. The van der Waals surface area contributed by atoms with Gasteiger partial charge in [0.2, 0.25) is 5.88 Å². The van der Waals surface area contributed by atoms with Crippen LogP contribution in [-0.2, 0) is 0 Å². The summed E-state index contributed by atoms with van der Waals surface area (Å²) in [5, 5.41) is 3.12. The molecule has 1 spiro atoms. The van der Waals surface area contributed by atoms with Gasteiger partial charge >= 0.3 is 0 Å². The minimum absolute atomic E-state index is 0.0247. The number of nitrogens with two attached hydrogens (primary N) is 1. The van der Waals surface area contributed by atoms with Crippen molar-refractivity contribution in [2.45, 2.75) is 44.8 Å². The van der Waals surface area contributed by atoms with Crippen LogP contribution >= 0.6 is 0 Å². The van der Waals surface area contributed by atoms with Gasteiger partial charge in [-0.1, -0.05) is 0 Å². The number of hydrogen-bond donors (Lipinski definition) is 2. The monoisotopic (exact) mass is 405 g/mol. The molecule has 8 nitrogen and oxygen atoms in total. The fourth-order valence-corrected chi connectivity index (χ4v) is 4.75. The van der Waals surface area contributed by atoms with Crippen molar-refractivity contribution in [3.05, 3.63) is 59.7 Å². The van der Waals surface area contributed by atoms with Gasteiger partial charge in [-0.3, -0.25) is 14.0 Å². The molecule has 30 heavy (non-hydrogen) atoms. The topological polar surface area (TPSA) is 112 Å². The van der Waals surface area contributed by atoms with Gasteiger partial charge in [0.1, 0.15) is 23.0 Å². The second-order valence-corrected chi connectivity index (χ2v) is 8.52. The van der Waals surface area contributed by atoms with Crippen molar-refractivity contribution in [2.75, 3.05) is 0 Å². The van der Waals surface area contributed by atoms with E-state index in [-0.39, 0.29) is 23.5 Å². The van der Waals surface area contributed by atoms with Crippen LogP contribution in [0.5, 0.6) is 5.88 Å². The molecule has 8 heteroatoms. The van der Waals surface area contributed by atoms with Crippen LogP contribution in [0.2, 0.25) is 0 Å². The molecular formula is C22H23N5O3. The highest BCUT2D eigenvalue weighted by molar-refractivity contribution is 5.95. The number of pyridine rings is 2. The Labute approximate surface area is 173 Å². The third-order valence-electron chi connectivity index (χ3n) is 6.23. The second kappa shape index (κ2) is 6.83. The molecule has 2 saturated carbocycles. The average molecular weight is 405 g/mol. The third-order valence-corrected chi connectivity index (χ3v) is 6.23. The Bertz CT molecular complexity index is 1140. The van der Waals surface area contributed by atoms with E-state index in [1.807, 2.05) is 29.7 Å². The van der Waals surface area contributed by atoms with Crippen molar-refractivity contribution >= 4 is 17.5 Å². The standard InChI is InChI=1S/C22H23N5O3/c1-13-4-6-27-17(12-25-18(27)7-13)20(29)26-14-8-22(9-14)10-15(11-22)30-21-16(19(23)28)3-2-5-24-21/h2-7,12,14-15H,8-11H2,1H3,(H2,23,28)(H,26,29). The Morgan fingerprint density at radius 1 is 1.23 bits per heavy atom. The van der Waals surface area contributed by atoms with E-state index in [1.165, 1.54) is 0 Å². The summed E-state index contributed by atoms with van der Waals surface area (Å²) in [6, 6.07) is 7.36. The number of ether oxygens (including phenoxy) is 1. The zero-order chi connectivity index (χ0) is 20.9. The first kappa shape index (κ1) is 18.6. The summed E-state index contributed by atoms with van der Waals surface area (Å²) < 4.78 is 7.71. The summed E-state index contributed by atoms with van der Waals surface area (Å²) in [5.41, 5.74) is 8.33. The molecular weight excluding hydrogens is 382 g/mol. The van der Waals surface area contributed by atoms with Crippen LogP contribution in [0.1, 0.15) is 52.1 Å². The highest BCUT2D eigenvalue weighted by Gasteiger charge is 2.54. The van der Waals surface area contributed by atoms with E-state index in [1.54, 1.807) is 24.5 Å². The van der Waals surface area contributed by atoms with Crippen LogP contribution in [0.25, 0.3) is 5.65 Å². The maximum Gasteiger partial charge on any atom is 0.270 e. The number of carbonyl (C=O) groups excluding carboxylic acids is 2. The van der Waals surface area contributed by atoms with Gasteiger partial charge in [-0.2, -0.15) is 0 Å². The number of aromatic nitrogens is 3. The lowest BCUT2D eigenvalue weighted by Gasteiger charge is -2.57. The Morgan fingerprint density at radius 2 is 2.03 bits per heavy atom. The van der Waals surface area contributed by atoms with Gasteiger partial charge in [0, 0.05) is 18.4 Å². The van der Waals surface area contributed by atoms with E-state index < -0.39 is 5.91 Å². The molecule has 3 heterocycles. The summed E-state index contributed by atoms with van der Waals surface area (Å²) >= 11 is 0. The number of amides is 2. The van der Waals surface area contributed by atoms with Crippen LogP contribution in [0.15, 0.2) is 42.9 Å². The predicted octanol–water partition coefficient (Wildman–Crippen LogP) is 2.26. The molecule has 2 aliphatic rings. The van der Waals surface area contributed by atoms with Crippen molar-refractivity contribution in [1.29, 1.82) is 0 Å². The van der Waals surface area contributed by atoms with Gasteiger partial charge < -0.3 is 15.8 Å². The Hall–Kier alpha value is -3.42. The average Bonchev–Trinajstić information content (AvgIpc) is 3.07. The number of primary amides is 1. The quantitative estimate of drug-likeness (QED) is 0.676. The van der Waals surface area contributed by atoms with Crippen LogP contribution in [0.3, 0.4) is 0 Å². The molecule has 3 N–H and O–H groups in total. The van der Waals surface area contributed by atoms with Crippen LogP contribution < -0.4 is 15.8 Å². The maximum absolute atomic E-state index is 12.7. The SMILES string of the molecule is Cc1ccn2c(C(=O)NC3CC4(C3)CC(Oc3ncccc3C(N)=O)C4)cnc2c1. The summed E-state index contributed by atoms with van der Waals surface area (Å²) in [6.07, 6.45) is 8.75. The third kappa shape index (κ3) is 3.18. The molecule has 0 aliphatic heterocycles. The van der Waals surface area contributed by atoms with Gasteiger partial charge in [-0.15, -0.1) is 0 Å². The first-order valence-electron chi connectivity index (χ1n) is 10.1. The van der Waals surface area contributed by atoms with Crippen LogP contribution in [-0.4, -0.2) is 38.3 Å². The molecule has 2 amide bonds. The number of carbonyl (C=O) groups is 2. The first-order chi connectivity index (χ1) is 14.4. The number of hydrogen-bond acceptors (Lipinski definition) is 5. The van der Waals surface area contributed by atoms with Gasteiger partial charge in [0.15, 0.2) is 0 Å². The molecule has 0 unspecified atom stereocenters. The second-order valence-electron chi connectivity index (χ2n) is 8.52. The first-order valence-corrected chi connectivity index (χ1v) is 10.1. The van der Waals surface area contributed by atoms with E-state index in [2.05, 4.69) is 15.3 Å². The van der Waals surface area contributed by atoms with Crippen LogP contribution in [0, 0.1) is 12.3 Å². The van der Waals surface area contributed by atoms with E-state index in [9.17, 15) is 9.59 Å². The molecule has 3 aromatic heterocycles. The lowest BCUT2D eigenvalue weighted by molar-refractivity contribution is -0.0848. The number of imidazole rings is 1. The van der Waals surface area contributed by atoms with Crippen LogP contribution in [0.4, 0.5) is 0 Å². The normalized spacial score (nSPS) is 24.8. The molecule has 0 bridgehead atoms.